The Morgan fingerprint density at radius 3 is 3.00 bits per heavy atom. The SMILES string of the molecule is CC[C@H](C)[C@H](N)c1nc(-c2cccs2)no1. The van der Waals surface area contributed by atoms with Gasteiger partial charge >= 0.3 is 0 Å². The minimum absolute atomic E-state index is 0.175. The summed E-state index contributed by atoms with van der Waals surface area (Å²) in [4.78, 5) is 5.34. The maximum Gasteiger partial charge on any atom is 0.244 e. The summed E-state index contributed by atoms with van der Waals surface area (Å²) in [6.45, 7) is 4.18. The fraction of sp³-hybridized carbons (Fsp3) is 0.455. The van der Waals surface area contributed by atoms with Crippen molar-refractivity contribution in [2.24, 2.45) is 11.7 Å². The zero-order valence-corrected chi connectivity index (χ0v) is 10.2. The van der Waals surface area contributed by atoms with Gasteiger partial charge in [-0.1, -0.05) is 31.5 Å². The van der Waals surface area contributed by atoms with Gasteiger partial charge in [0, 0.05) is 0 Å². The second-order valence-corrected chi connectivity index (χ2v) is 4.79. The molecule has 16 heavy (non-hydrogen) atoms. The molecule has 0 bridgehead atoms. The minimum Gasteiger partial charge on any atom is -0.337 e. The molecular weight excluding hydrogens is 222 g/mol. The van der Waals surface area contributed by atoms with E-state index in [2.05, 4.69) is 24.0 Å². The monoisotopic (exact) mass is 237 g/mol. The molecule has 2 aromatic heterocycles. The van der Waals surface area contributed by atoms with Crippen LogP contribution in [0.4, 0.5) is 0 Å². The molecule has 0 amide bonds. The standard InChI is InChI=1S/C11H15N3OS/c1-3-7(2)9(12)11-13-10(14-15-11)8-5-4-6-16-8/h4-7,9H,3,12H2,1-2H3/t7-,9-/m0/s1. The average molecular weight is 237 g/mol. The lowest BCUT2D eigenvalue weighted by atomic mass is 10.0. The van der Waals surface area contributed by atoms with Crippen molar-refractivity contribution in [3.05, 3.63) is 23.4 Å². The Hall–Kier alpha value is -1.20. The molecule has 0 saturated heterocycles. The van der Waals surface area contributed by atoms with Gasteiger partial charge in [-0.25, -0.2) is 0 Å². The van der Waals surface area contributed by atoms with Crippen LogP contribution in [-0.4, -0.2) is 10.1 Å². The van der Waals surface area contributed by atoms with Crippen LogP contribution in [0.3, 0.4) is 0 Å². The summed E-state index contributed by atoms with van der Waals surface area (Å²) in [6.07, 6.45) is 0.998. The molecule has 0 spiro atoms. The van der Waals surface area contributed by atoms with Gasteiger partial charge in [-0.3, -0.25) is 0 Å². The third-order valence-electron chi connectivity index (χ3n) is 2.73. The molecule has 0 aromatic carbocycles. The Morgan fingerprint density at radius 1 is 1.56 bits per heavy atom. The van der Waals surface area contributed by atoms with Gasteiger partial charge in [-0.15, -0.1) is 11.3 Å². The highest BCUT2D eigenvalue weighted by atomic mass is 32.1. The van der Waals surface area contributed by atoms with Crippen LogP contribution in [0, 0.1) is 5.92 Å². The molecule has 4 nitrogen and oxygen atoms in total. The Balaban J connectivity index is 2.20. The summed E-state index contributed by atoms with van der Waals surface area (Å²) in [5.41, 5.74) is 6.02. The van der Waals surface area contributed by atoms with Crippen LogP contribution in [0.5, 0.6) is 0 Å². The van der Waals surface area contributed by atoms with Crippen molar-refractivity contribution >= 4 is 11.3 Å². The van der Waals surface area contributed by atoms with E-state index in [1.54, 1.807) is 11.3 Å². The Bertz CT molecular complexity index is 438. The first kappa shape index (κ1) is 11.3. The van der Waals surface area contributed by atoms with E-state index < -0.39 is 0 Å². The molecule has 0 radical (unpaired) electrons. The molecule has 86 valence electrons. The van der Waals surface area contributed by atoms with Gasteiger partial charge in [0.25, 0.3) is 0 Å². The number of hydrogen-bond acceptors (Lipinski definition) is 5. The van der Waals surface area contributed by atoms with E-state index >= 15 is 0 Å². The van der Waals surface area contributed by atoms with E-state index in [1.807, 2.05) is 17.5 Å². The van der Waals surface area contributed by atoms with E-state index in [-0.39, 0.29) is 6.04 Å². The lowest BCUT2D eigenvalue weighted by Gasteiger charge is -2.12. The fourth-order valence-corrected chi connectivity index (χ4v) is 2.02. The van der Waals surface area contributed by atoms with Crippen molar-refractivity contribution in [3.8, 4) is 10.7 Å². The molecule has 0 fully saturated rings. The topological polar surface area (TPSA) is 64.9 Å². The zero-order chi connectivity index (χ0) is 11.5. The van der Waals surface area contributed by atoms with Crippen LogP contribution in [0.25, 0.3) is 10.7 Å². The van der Waals surface area contributed by atoms with Gasteiger partial charge in [0.1, 0.15) is 0 Å². The lowest BCUT2D eigenvalue weighted by molar-refractivity contribution is 0.312. The summed E-state index contributed by atoms with van der Waals surface area (Å²) < 4.78 is 5.19. The molecule has 5 heteroatoms. The summed E-state index contributed by atoms with van der Waals surface area (Å²) in [7, 11) is 0. The van der Waals surface area contributed by atoms with Crippen molar-refractivity contribution < 1.29 is 4.52 Å². The van der Waals surface area contributed by atoms with Crippen molar-refractivity contribution in [1.29, 1.82) is 0 Å². The fourth-order valence-electron chi connectivity index (χ4n) is 1.37. The zero-order valence-electron chi connectivity index (χ0n) is 9.38. The minimum atomic E-state index is -0.175. The maximum atomic E-state index is 6.02. The number of hydrogen-bond donors (Lipinski definition) is 1. The van der Waals surface area contributed by atoms with E-state index in [0.717, 1.165) is 11.3 Å². The van der Waals surface area contributed by atoms with E-state index in [1.165, 1.54) is 0 Å². The number of nitrogens with zero attached hydrogens (tertiary/aromatic N) is 2. The number of aromatic nitrogens is 2. The average Bonchev–Trinajstić information content (AvgIpc) is 2.96. The van der Waals surface area contributed by atoms with Crippen molar-refractivity contribution in [3.63, 3.8) is 0 Å². The van der Waals surface area contributed by atoms with Gasteiger partial charge < -0.3 is 10.3 Å². The third-order valence-corrected chi connectivity index (χ3v) is 3.59. The normalized spacial score (nSPS) is 14.9. The van der Waals surface area contributed by atoms with Crippen LogP contribution in [0.15, 0.2) is 22.0 Å². The van der Waals surface area contributed by atoms with Gasteiger partial charge in [0.05, 0.1) is 10.9 Å². The molecule has 2 atom stereocenters. The molecule has 0 aliphatic carbocycles. The second-order valence-electron chi connectivity index (χ2n) is 3.84. The second kappa shape index (κ2) is 4.76. The number of thiophene rings is 1. The Kier molecular flexibility index (Phi) is 3.36. The highest BCUT2D eigenvalue weighted by Gasteiger charge is 2.20. The van der Waals surface area contributed by atoms with E-state index in [0.29, 0.717) is 17.6 Å². The highest BCUT2D eigenvalue weighted by Crippen LogP contribution is 2.25. The highest BCUT2D eigenvalue weighted by molar-refractivity contribution is 7.13. The molecule has 0 aliphatic rings. The van der Waals surface area contributed by atoms with Crippen LogP contribution in [-0.2, 0) is 0 Å². The summed E-state index contributed by atoms with van der Waals surface area (Å²) in [6, 6.07) is 3.75. The van der Waals surface area contributed by atoms with Crippen molar-refractivity contribution in [1.82, 2.24) is 10.1 Å². The predicted octanol–water partition coefficient (Wildman–Crippen LogP) is 2.84. The summed E-state index contributed by atoms with van der Waals surface area (Å²) in [5.74, 6) is 1.50. The van der Waals surface area contributed by atoms with Gasteiger partial charge in [-0.05, 0) is 17.4 Å². The number of rotatable bonds is 4. The van der Waals surface area contributed by atoms with Crippen LogP contribution in [0.2, 0.25) is 0 Å². The molecular formula is C11H15N3OS. The molecule has 2 heterocycles. The lowest BCUT2D eigenvalue weighted by Crippen LogP contribution is -2.18. The van der Waals surface area contributed by atoms with Crippen LogP contribution >= 0.6 is 11.3 Å². The van der Waals surface area contributed by atoms with Crippen LogP contribution in [0.1, 0.15) is 32.2 Å². The summed E-state index contributed by atoms with van der Waals surface area (Å²) in [5, 5.41) is 5.93. The van der Waals surface area contributed by atoms with Crippen molar-refractivity contribution in [2.45, 2.75) is 26.3 Å². The molecule has 0 saturated carbocycles. The molecule has 2 N–H and O–H groups in total. The Labute approximate surface area is 98.5 Å². The van der Waals surface area contributed by atoms with E-state index in [9.17, 15) is 0 Å². The van der Waals surface area contributed by atoms with Crippen molar-refractivity contribution in [2.75, 3.05) is 0 Å². The molecule has 0 aliphatic heterocycles. The van der Waals surface area contributed by atoms with Gasteiger partial charge in [0.2, 0.25) is 11.7 Å². The van der Waals surface area contributed by atoms with Gasteiger partial charge in [0.15, 0.2) is 0 Å². The molecule has 2 aromatic rings. The van der Waals surface area contributed by atoms with Gasteiger partial charge in [-0.2, -0.15) is 4.98 Å². The number of nitrogens with two attached hydrogens (primary N) is 1. The smallest absolute Gasteiger partial charge is 0.244 e. The first-order valence-electron chi connectivity index (χ1n) is 5.35. The summed E-state index contributed by atoms with van der Waals surface area (Å²) >= 11 is 1.59. The third kappa shape index (κ3) is 2.15. The largest absolute Gasteiger partial charge is 0.337 e. The first-order chi connectivity index (χ1) is 7.72. The molecule has 2 rings (SSSR count). The van der Waals surface area contributed by atoms with Crippen LogP contribution < -0.4 is 5.73 Å². The quantitative estimate of drug-likeness (QED) is 0.888. The Morgan fingerprint density at radius 2 is 2.38 bits per heavy atom. The van der Waals surface area contributed by atoms with E-state index in [4.69, 9.17) is 10.3 Å². The predicted molar refractivity (Wildman–Crippen MR) is 64.0 cm³/mol. The molecule has 0 unspecified atom stereocenters. The maximum absolute atomic E-state index is 6.02. The first-order valence-corrected chi connectivity index (χ1v) is 6.23.